The molecule has 0 unspecified atom stereocenters. The van der Waals surface area contributed by atoms with E-state index in [1.165, 1.54) is 58.3 Å². The minimum absolute atomic E-state index is 0.0168. The Morgan fingerprint density at radius 3 is 1.92 bits per heavy atom. The third-order valence-corrected chi connectivity index (χ3v) is 13.6. The molecule has 2 atom stereocenters. The predicted molar refractivity (Wildman–Crippen MR) is 272 cm³/mol. The highest BCUT2D eigenvalue weighted by Crippen LogP contribution is 2.72. The van der Waals surface area contributed by atoms with Crippen molar-refractivity contribution in [3.05, 3.63) is 118 Å². The summed E-state index contributed by atoms with van der Waals surface area (Å²) >= 11 is 0. The number of ether oxygens (including phenoxy) is 1. The summed E-state index contributed by atoms with van der Waals surface area (Å²) in [6.07, 6.45) is 13.8. The van der Waals surface area contributed by atoms with Gasteiger partial charge >= 0.3 is 5.97 Å². The summed E-state index contributed by atoms with van der Waals surface area (Å²) < 4.78 is 12.8. The molecular weight excluding hydrogens is 969 g/mol. The van der Waals surface area contributed by atoms with Gasteiger partial charge in [-0.25, -0.2) is 14.8 Å². The number of carbonyl (C=O) groups is 9. The molecule has 1 saturated carbocycles. The Labute approximate surface area is 428 Å². The van der Waals surface area contributed by atoms with E-state index in [2.05, 4.69) is 41.9 Å². The molecule has 24 heteroatoms. The number of hydrogen-bond donors (Lipinski definition) is 6. The number of ketones is 1. The monoisotopic (exact) mass is 1020 g/mol. The Bertz CT molecular complexity index is 3460. The molecule has 6 N–H and O–H groups in total. The van der Waals surface area contributed by atoms with E-state index < -0.39 is 40.9 Å². The van der Waals surface area contributed by atoms with Crippen molar-refractivity contribution in [1.29, 1.82) is 0 Å². The van der Waals surface area contributed by atoms with Gasteiger partial charge in [0.1, 0.15) is 11.4 Å². The van der Waals surface area contributed by atoms with Crippen LogP contribution < -0.4 is 31.9 Å². The van der Waals surface area contributed by atoms with Crippen molar-refractivity contribution in [2.45, 2.75) is 39.5 Å². The number of carbonyl (C=O) groups excluding carboxylic acids is 9. The van der Waals surface area contributed by atoms with Gasteiger partial charge in [-0.15, -0.1) is 0 Å². The van der Waals surface area contributed by atoms with Crippen molar-refractivity contribution >= 4 is 87.9 Å². The highest BCUT2D eigenvalue weighted by atomic mass is 16.5. The standard InChI is InChI=1S/C51H54N14O10/c1-26-14-33-36(67)18-37-51(43(33)42(26)50(74)75-8)19-28(51)20-65(37)41(69)12-11-32-15-29(21-60(32)3)55-48(72)45-59-39(25-64(45)7)57-40(68)10-9-13-52-46(70)34-16-30(22-61(34)4)54-47(71)35-17-31(23-62(35)5)56-49(73)44-58-38(24-63(44)6)53-27(2)66/h11-12,15-18,21-25,28H,9-10,13-14,19-20H2,1-8H3,(H,52,70)(H,53,66)(H,54,71)(H,55,72)(H,56,73)(H,57,68)/b12-11+/t28-,51+/m1/s1. The molecular formula is C51H54N14O10. The maximum atomic E-state index is 13.7. The number of allylic oxidation sites excluding steroid dienone is 4. The first-order chi connectivity index (χ1) is 35.6. The number of piperidine rings is 1. The molecule has 1 spiro atoms. The van der Waals surface area contributed by atoms with E-state index in [1.807, 2.05) is 6.92 Å². The van der Waals surface area contributed by atoms with Crippen LogP contribution in [0.15, 0.2) is 89.3 Å². The number of aromatic nitrogens is 7. The second-order valence-electron chi connectivity index (χ2n) is 19.0. The van der Waals surface area contributed by atoms with Crippen LogP contribution in [0.2, 0.25) is 0 Å². The van der Waals surface area contributed by atoms with Gasteiger partial charge in [0.05, 0.1) is 29.7 Å². The number of rotatable bonds is 16. The largest absolute Gasteiger partial charge is 0.465 e. The van der Waals surface area contributed by atoms with Gasteiger partial charge in [0.2, 0.25) is 23.5 Å². The lowest BCUT2D eigenvalue weighted by Crippen LogP contribution is -2.32. The van der Waals surface area contributed by atoms with Gasteiger partial charge < -0.3 is 64.4 Å². The number of anilines is 5. The minimum atomic E-state index is -0.556. The van der Waals surface area contributed by atoms with Crippen LogP contribution in [0.5, 0.6) is 0 Å². The summed E-state index contributed by atoms with van der Waals surface area (Å²) in [5, 5.41) is 16.2. The lowest BCUT2D eigenvalue weighted by molar-refractivity contribution is -0.136. The normalized spacial score (nSPS) is 17.3. The number of methoxy groups -OCH3 is 1. The molecule has 388 valence electrons. The Morgan fingerprint density at radius 1 is 0.733 bits per heavy atom. The third-order valence-electron chi connectivity index (χ3n) is 13.6. The minimum Gasteiger partial charge on any atom is -0.465 e. The zero-order valence-corrected chi connectivity index (χ0v) is 42.3. The molecule has 7 amide bonds. The summed E-state index contributed by atoms with van der Waals surface area (Å²) in [6, 6.07) is 4.67. The third kappa shape index (κ3) is 9.71. The van der Waals surface area contributed by atoms with Crippen LogP contribution in [0.25, 0.3) is 6.08 Å². The maximum absolute atomic E-state index is 13.7. The fourth-order valence-electron chi connectivity index (χ4n) is 10.1. The molecule has 4 aliphatic rings. The van der Waals surface area contributed by atoms with E-state index in [9.17, 15) is 43.2 Å². The van der Waals surface area contributed by atoms with Gasteiger partial charge in [0, 0.05) is 127 Å². The van der Waals surface area contributed by atoms with E-state index in [4.69, 9.17) is 4.74 Å². The summed E-state index contributed by atoms with van der Waals surface area (Å²) in [4.78, 5) is 127. The summed E-state index contributed by atoms with van der Waals surface area (Å²) in [7, 11) is 9.56. The first-order valence-corrected chi connectivity index (χ1v) is 23.8. The van der Waals surface area contributed by atoms with Crippen LogP contribution in [0.3, 0.4) is 0 Å². The van der Waals surface area contributed by atoms with Gasteiger partial charge in [0.25, 0.3) is 29.5 Å². The van der Waals surface area contributed by atoms with E-state index >= 15 is 0 Å². The Hall–Kier alpha value is -9.35. The number of nitrogens with zero attached hydrogens (tertiary/aromatic N) is 8. The van der Waals surface area contributed by atoms with Crippen molar-refractivity contribution in [1.82, 2.24) is 43.0 Å². The zero-order chi connectivity index (χ0) is 53.8. The quantitative estimate of drug-likeness (QED) is 0.0470. The Kier molecular flexibility index (Phi) is 13.2. The molecule has 5 aromatic rings. The highest BCUT2D eigenvalue weighted by Gasteiger charge is 2.69. The van der Waals surface area contributed by atoms with Crippen molar-refractivity contribution in [3.63, 3.8) is 0 Å². The van der Waals surface area contributed by atoms with Crippen LogP contribution in [0, 0.1) is 11.3 Å². The first kappa shape index (κ1) is 50.6. The van der Waals surface area contributed by atoms with Crippen LogP contribution in [-0.2, 0) is 63.9 Å². The highest BCUT2D eigenvalue weighted by molar-refractivity contribution is 6.13. The molecule has 75 heavy (non-hydrogen) atoms. The average Bonchev–Trinajstić information content (AvgIpc) is 4.22. The summed E-state index contributed by atoms with van der Waals surface area (Å²) in [5.74, 6) is -3.26. The number of aryl methyl sites for hydroxylation is 5. The van der Waals surface area contributed by atoms with Gasteiger partial charge in [0.15, 0.2) is 17.4 Å². The van der Waals surface area contributed by atoms with Crippen molar-refractivity contribution in [2.75, 3.05) is 46.8 Å². The van der Waals surface area contributed by atoms with Crippen LogP contribution >= 0.6 is 0 Å². The Morgan fingerprint density at radius 2 is 1.31 bits per heavy atom. The molecule has 5 aromatic heterocycles. The van der Waals surface area contributed by atoms with Crippen molar-refractivity contribution in [3.8, 4) is 0 Å². The fraction of sp³-hybridized carbons (Fsp3) is 0.314. The van der Waals surface area contributed by atoms with E-state index in [0.29, 0.717) is 58.1 Å². The smallest absolute Gasteiger partial charge is 0.338 e. The molecule has 24 nitrogen and oxygen atoms in total. The van der Waals surface area contributed by atoms with Gasteiger partial charge in [-0.3, -0.25) is 38.4 Å². The summed E-state index contributed by atoms with van der Waals surface area (Å²) in [5.41, 5.74) is 4.78. The second kappa shape index (κ2) is 19.6. The van der Waals surface area contributed by atoms with E-state index in [-0.39, 0.29) is 77.6 Å². The molecule has 9 rings (SSSR count). The topological polar surface area (TPSA) is 289 Å². The molecule has 0 radical (unpaired) electrons. The number of esters is 1. The first-order valence-electron chi connectivity index (χ1n) is 23.8. The van der Waals surface area contributed by atoms with Crippen molar-refractivity contribution in [2.24, 2.45) is 46.6 Å². The molecule has 1 aliphatic heterocycles. The molecule has 6 heterocycles. The van der Waals surface area contributed by atoms with E-state index in [0.717, 1.165) is 12.0 Å². The van der Waals surface area contributed by atoms with Gasteiger partial charge in [-0.1, -0.05) is 5.57 Å². The molecule has 0 aromatic carbocycles. The van der Waals surface area contributed by atoms with E-state index in [1.54, 1.807) is 86.1 Å². The number of likely N-dealkylation sites (tertiary alicyclic amines) is 1. The SMILES string of the molecule is COC(=O)C1=C(C)CC2=C1[C@@]13C[C@@H]1CN(C(=O)/C=C/c1cc(NC(=O)c4nc(NC(=O)CCCNC(=O)c5cc(NC(=O)c6cc(NC(=O)c7nc(NC(C)=O)cn7C)cn6C)cn5C)cn4C)cn1C)C3=CC2=O. The number of amides is 7. The molecule has 2 fully saturated rings. The van der Waals surface area contributed by atoms with Gasteiger partial charge in [-0.2, -0.15) is 0 Å². The van der Waals surface area contributed by atoms with Crippen LogP contribution in [0.1, 0.15) is 87.4 Å². The number of hydrogen-bond acceptors (Lipinski definition) is 12. The maximum Gasteiger partial charge on any atom is 0.338 e. The number of imidazole rings is 2. The predicted octanol–water partition coefficient (Wildman–Crippen LogP) is 3.55. The fourth-order valence-corrected chi connectivity index (χ4v) is 10.1. The molecule has 0 bridgehead atoms. The average molecular weight is 1020 g/mol. The summed E-state index contributed by atoms with van der Waals surface area (Å²) in [6.45, 7) is 3.73. The second-order valence-corrected chi connectivity index (χ2v) is 19.0. The van der Waals surface area contributed by atoms with Crippen molar-refractivity contribution < 1.29 is 47.9 Å². The van der Waals surface area contributed by atoms with Gasteiger partial charge in [-0.05, 0) is 62.0 Å². The van der Waals surface area contributed by atoms with Crippen LogP contribution in [0.4, 0.5) is 28.7 Å². The molecule has 3 aliphatic carbocycles. The lowest BCUT2D eigenvalue weighted by Gasteiger charge is -2.29. The van der Waals surface area contributed by atoms with Crippen LogP contribution in [-0.4, -0.2) is 111 Å². The lowest BCUT2D eigenvalue weighted by atomic mass is 9.80. The number of nitrogens with one attached hydrogen (secondary N) is 6. The zero-order valence-electron chi connectivity index (χ0n) is 42.3. The molecule has 1 saturated heterocycles. The Balaban J connectivity index is 0.722.